The highest BCUT2D eigenvalue weighted by Gasteiger charge is 2.17. The third-order valence-electron chi connectivity index (χ3n) is 1.62. The van der Waals surface area contributed by atoms with Gasteiger partial charge in [0.1, 0.15) is 0 Å². The Morgan fingerprint density at radius 2 is 1.69 bits per heavy atom. The number of ether oxygens (including phenoxy) is 1. The van der Waals surface area contributed by atoms with Crippen LogP contribution in [0.25, 0.3) is 0 Å². The third-order valence-corrected chi connectivity index (χ3v) is 2.43. The van der Waals surface area contributed by atoms with E-state index in [9.17, 15) is 9.59 Å². The van der Waals surface area contributed by atoms with Gasteiger partial charge >= 0.3 is 11.9 Å². The number of carbonyl (C=O) groups excluding carboxylic acids is 2. The molecule has 0 aliphatic rings. The van der Waals surface area contributed by atoms with Crippen molar-refractivity contribution in [3.8, 4) is 0 Å². The van der Waals surface area contributed by atoms with E-state index in [1.54, 1.807) is 0 Å². The molecule has 16 heavy (non-hydrogen) atoms. The minimum Gasteiger partial charge on any atom is -0.462 e. The Hall–Kier alpha value is -0.970. The van der Waals surface area contributed by atoms with Crippen molar-refractivity contribution in [2.24, 2.45) is 0 Å². The predicted molar refractivity (Wildman–Crippen MR) is 62.1 cm³/mol. The van der Waals surface area contributed by atoms with E-state index in [1.807, 2.05) is 0 Å². The van der Waals surface area contributed by atoms with Gasteiger partial charge in [0.2, 0.25) is 0 Å². The molecule has 0 aliphatic heterocycles. The third kappa shape index (κ3) is 3.01. The number of methoxy groups -OCH3 is 1. The van der Waals surface area contributed by atoms with Crippen LogP contribution in [0.5, 0.6) is 0 Å². The summed E-state index contributed by atoms with van der Waals surface area (Å²) in [7, 11) is 1.09. The Morgan fingerprint density at radius 3 is 2.12 bits per heavy atom. The maximum atomic E-state index is 11.2. The van der Waals surface area contributed by atoms with E-state index >= 15 is 0 Å². The van der Waals surface area contributed by atoms with Crippen LogP contribution in [-0.4, -0.2) is 19.0 Å². The molecule has 0 spiro atoms. The molecule has 7 heteroatoms. The van der Waals surface area contributed by atoms with Crippen LogP contribution >= 0.6 is 34.8 Å². The zero-order chi connectivity index (χ0) is 12.3. The summed E-state index contributed by atoms with van der Waals surface area (Å²) in [5.74, 6) is -2.00. The van der Waals surface area contributed by atoms with Gasteiger partial charge in [-0.1, -0.05) is 34.8 Å². The van der Waals surface area contributed by atoms with Crippen LogP contribution in [0.4, 0.5) is 5.69 Å². The number of nitrogens with one attached hydrogen (secondary N) is 1. The Morgan fingerprint density at radius 1 is 1.19 bits per heavy atom. The maximum Gasteiger partial charge on any atom is 0.396 e. The van der Waals surface area contributed by atoms with Crippen LogP contribution in [0.2, 0.25) is 15.1 Å². The minimum absolute atomic E-state index is 0.114. The first-order valence-corrected chi connectivity index (χ1v) is 5.13. The van der Waals surface area contributed by atoms with Gasteiger partial charge in [0.15, 0.2) is 0 Å². The SMILES string of the molecule is COC(=O)C(=O)Nc1c(Cl)cc(Cl)cc1Cl. The van der Waals surface area contributed by atoms with Gasteiger partial charge in [0, 0.05) is 5.02 Å². The molecule has 0 radical (unpaired) electrons. The average Bonchev–Trinajstić information content (AvgIpc) is 2.21. The summed E-state index contributed by atoms with van der Waals surface area (Å²) < 4.78 is 4.22. The number of amides is 1. The molecule has 1 aromatic rings. The highest BCUT2D eigenvalue weighted by atomic mass is 35.5. The minimum atomic E-state index is -1.04. The topological polar surface area (TPSA) is 55.4 Å². The van der Waals surface area contributed by atoms with E-state index in [1.165, 1.54) is 12.1 Å². The van der Waals surface area contributed by atoms with Crippen molar-refractivity contribution in [3.63, 3.8) is 0 Å². The molecule has 1 rings (SSSR count). The highest BCUT2D eigenvalue weighted by Crippen LogP contribution is 2.33. The largest absolute Gasteiger partial charge is 0.462 e. The number of esters is 1. The van der Waals surface area contributed by atoms with Gasteiger partial charge in [-0.05, 0) is 12.1 Å². The van der Waals surface area contributed by atoms with E-state index in [2.05, 4.69) is 10.1 Å². The molecular weight excluding hydrogens is 276 g/mol. The summed E-state index contributed by atoms with van der Waals surface area (Å²) in [6.45, 7) is 0. The summed E-state index contributed by atoms with van der Waals surface area (Å²) in [5, 5.41) is 2.81. The molecule has 0 heterocycles. The second-order valence-electron chi connectivity index (χ2n) is 2.69. The first kappa shape index (κ1) is 13.1. The standard InChI is InChI=1S/C9H6Cl3NO3/c1-16-9(15)8(14)13-7-5(11)2-4(10)3-6(7)12/h2-3H,1H3,(H,13,14). The Bertz CT molecular complexity index is 425. The zero-order valence-corrected chi connectivity index (χ0v) is 10.3. The summed E-state index contributed by atoms with van der Waals surface area (Å²) in [6.07, 6.45) is 0. The number of benzene rings is 1. The van der Waals surface area contributed by atoms with Crippen LogP contribution in [-0.2, 0) is 14.3 Å². The summed E-state index contributed by atoms with van der Waals surface area (Å²) in [4.78, 5) is 22.1. The number of hydrogen-bond acceptors (Lipinski definition) is 3. The molecule has 1 amide bonds. The van der Waals surface area contributed by atoms with E-state index < -0.39 is 11.9 Å². The molecular formula is C9H6Cl3NO3. The van der Waals surface area contributed by atoms with Gasteiger partial charge in [0.05, 0.1) is 22.8 Å². The molecule has 0 saturated heterocycles. The van der Waals surface area contributed by atoms with Crippen molar-refractivity contribution >= 4 is 52.4 Å². The first-order valence-electron chi connectivity index (χ1n) is 3.99. The van der Waals surface area contributed by atoms with Crippen LogP contribution < -0.4 is 5.32 Å². The molecule has 0 atom stereocenters. The molecule has 0 aliphatic carbocycles. The van der Waals surface area contributed by atoms with Gasteiger partial charge in [-0.15, -0.1) is 0 Å². The summed E-state index contributed by atoms with van der Waals surface area (Å²) in [6, 6.07) is 2.78. The van der Waals surface area contributed by atoms with Crippen molar-refractivity contribution in [2.75, 3.05) is 12.4 Å². The van der Waals surface area contributed by atoms with Crippen LogP contribution in [0.15, 0.2) is 12.1 Å². The van der Waals surface area contributed by atoms with E-state index in [-0.39, 0.29) is 15.7 Å². The Labute approximate surface area is 106 Å². The molecule has 0 unspecified atom stereocenters. The quantitative estimate of drug-likeness (QED) is 0.636. The van der Waals surface area contributed by atoms with E-state index in [0.29, 0.717) is 5.02 Å². The number of anilines is 1. The molecule has 0 saturated carbocycles. The molecule has 86 valence electrons. The Balaban J connectivity index is 2.98. The number of rotatable bonds is 1. The predicted octanol–water partition coefficient (Wildman–Crippen LogP) is 2.76. The van der Waals surface area contributed by atoms with Gasteiger partial charge in [-0.3, -0.25) is 4.79 Å². The molecule has 0 fully saturated rings. The monoisotopic (exact) mass is 281 g/mol. The van der Waals surface area contributed by atoms with Crippen LogP contribution in [0, 0.1) is 0 Å². The summed E-state index contributed by atoms with van der Waals surface area (Å²) >= 11 is 17.3. The van der Waals surface area contributed by atoms with Crippen molar-refractivity contribution in [3.05, 3.63) is 27.2 Å². The average molecular weight is 283 g/mol. The molecule has 4 nitrogen and oxygen atoms in total. The maximum absolute atomic E-state index is 11.2. The second-order valence-corrected chi connectivity index (χ2v) is 3.94. The molecule has 1 aromatic carbocycles. The molecule has 1 N–H and O–H groups in total. The smallest absolute Gasteiger partial charge is 0.396 e. The number of hydrogen-bond donors (Lipinski definition) is 1. The first-order chi connectivity index (χ1) is 7.45. The fraction of sp³-hybridized carbons (Fsp3) is 0.111. The van der Waals surface area contributed by atoms with Crippen LogP contribution in [0.1, 0.15) is 0 Å². The summed E-state index contributed by atoms with van der Waals surface area (Å²) in [5.41, 5.74) is 0.114. The Kier molecular flexibility index (Phi) is 4.41. The fourth-order valence-electron chi connectivity index (χ4n) is 0.919. The second kappa shape index (κ2) is 5.39. The van der Waals surface area contributed by atoms with Crippen LogP contribution in [0.3, 0.4) is 0 Å². The van der Waals surface area contributed by atoms with E-state index in [4.69, 9.17) is 34.8 Å². The zero-order valence-electron chi connectivity index (χ0n) is 8.01. The van der Waals surface area contributed by atoms with Gasteiger partial charge in [0.25, 0.3) is 0 Å². The lowest BCUT2D eigenvalue weighted by molar-refractivity contribution is -0.150. The lowest BCUT2D eigenvalue weighted by atomic mass is 10.3. The normalized spacial score (nSPS) is 9.75. The van der Waals surface area contributed by atoms with Gasteiger partial charge in [-0.2, -0.15) is 0 Å². The molecule has 0 bridgehead atoms. The van der Waals surface area contributed by atoms with Crippen molar-refractivity contribution in [1.82, 2.24) is 0 Å². The van der Waals surface area contributed by atoms with E-state index in [0.717, 1.165) is 7.11 Å². The number of halogens is 3. The number of carbonyl (C=O) groups is 2. The lowest BCUT2D eigenvalue weighted by Crippen LogP contribution is -2.24. The van der Waals surface area contributed by atoms with Crippen molar-refractivity contribution in [1.29, 1.82) is 0 Å². The highest BCUT2D eigenvalue weighted by molar-refractivity contribution is 6.44. The lowest BCUT2D eigenvalue weighted by Gasteiger charge is -2.08. The fourth-order valence-corrected chi connectivity index (χ4v) is 1.83. The van der Waals surface area contributed by atoms with Crippen molar-refractivity contribution < 1.29 is 14.3 Å². The van der Waals surface area contributed by atoms with Gasteiger partial charge < -0.3 is 10.1 Å². The van der Waals surface area contributed by atoms with Crippen molar-refractivity contribution in [2.45, 2.75) is 0 Å². The molecule has 0 aromatic heterocycles. The van der Waals surface area contributed by atoms with Gasteiger partial charge in [-0.25, -0.2) is 4.79 Å².